The van der Waals surface area contributed by atoms with Crippen LogP contribution in [0.15, 0.2) is 48.5 Å². The highest BCUT2D eigenvalue weighted by Gasteiger charge is 2.57. The zero-order valence-electron chi connectivity index (χ0n) is 18.5. The van der Waals surface area contributed by atoms with Gasteiger partial charge in [0.15, 0.2) is 0 Å². The van der Waals surface area contributed by atoms with Crippen LogP contribution in [-0.2, 0) is 17.6 Å². The van der Waals surface area contributed by atoms with Crippen LogP contribution in [0.1, 0.15) is 59.3 Å². The number of benzene rings is 2. The summed E-state index contributed by atoms with van der Waals surface area (Å²) in [6, 6.07) is 14.0. The Balaban J connectivity index is 1.47. The minimum absolute atomic E-state index is 0.0198. The van der Waals surface area contributed by atoms with Gasteiger partial charge in [0.25, 0.3) is 11.8 Å². The third kappa shape index (κ3) is 4.65. The van der Waals surface area contributed by atoms with Crippen LogP contribution in [0.3, 0.4) is 0 Å². The molecule has 0 spiro atoms. The van der Waals surface area contributed by atoms with E-state index in [0.29, 0.717) is 16.8 Å². The largest absolute Gasteiger partial charge is 0.383 e. The van der Waals surface area contributed by atoms with Gasteiger partial charge in [0.05, 0.1) is 5.92 Å². The molecule has 4 rings (SSSR count). The predicted octanol–water partition coefficient (Wildman–Crippen LogP) is 4.29. The van der Waals surface area contributed by atoms with Crippen molar-refractivity contribution in [2.75, 3.05) is 5.73 Å². The topological polar surface area (TPSA) is 104 Å². The van der Waals surface area contributed by atoms with Crippen molar-refractivity contribution in [3.8, 4) is 11.3 Å². The van der Waals surface area contributed by atoms with Gasteiger partial charge in [-0.05, 0) is 30.5 Å². The maximum Gasteiger partial charge on any atom is 0.255 e. The fraction of sp³-hybridized carbons (Fsp3) is 0.320. The fourth-order valence-corrected chi connectivity index (χ4v) is 4.08. The molecule has 1 aliphatic rings. The number of hydrogen-bond acceptors (Lipinski definition) is 4. The summed E-state index contributed by atoms with van der Waals surface area (Å²) < 4.78 is 28.2. The van der Waals surface area contributed by atoms with Crippen molar-refractivity contribution in [1.82, 2.24) is 9.78 Å². The van der Waals surface area contributed by atoms with Gasteiger partial charge in [-0.3, -0.25) is 9.59 Å². The minimum Gasteiger partial charge on any atom is -0.383 e. The number of hydrogen-bond donors (Lipinski definition) is 2. The minimum atomic E-state index is -2.63. The van der Waals surface area contributed by atoms with Gasteiger partial charge < -0.3 is 11.5 Å². The highest BCUT2D eigenvalue weighted by molar-refractivity contribution is 6.03. The van der Waals surface area contributed by atoms with Gasteiger partial charge >= 0.3 is 0 Å². The molecule has 0 bridgehead atoms. The molecule has 1 saturated carbocycles. The quantitative estimate of drug-likeness (QED) is 0.532. The summed E-state index contributed by atoms with van der Waals surface area (Å²) in [5, 5.41) is 4.46. The number of alkyl halides is 2. The van der Waals surface area contributed by atoms with Crippen LogP contribution in [0, 0.1) is 0 Å². The van der Waals surface area contributed by atoms with Gasteiger partial charge in [-0.25, -0.2) is 13.5 Å². The van der Waals surface area contributed by atoms with Crippen LogP contribution in [-0.4, -0.2) is 27.4 Å². The Kier molecular flexibility index (Phi) is 5.78. The van der Waals surface area contributed by atoms with E-state index in [9.17, 15) is 18.4 Å². The van der Waals surface area contributed by atoms with E-state index >= 15 is 0 Å². The van der Waals surface area contributed by atoms with E-state index in [1.165, 1.54) is 0 Å². The second-order valence-corrected chi connectivity index (χ2v) is 8.86. The standard InChI is InChI=1S/C25H26F2N4O2/c1-14(2)31-23(28)21(24(29)33)22(30-31)17-8-6-15(7-9-17)11-19(32)12-16-4-3-5-18(10-16)20-13-25(20,26)27/h3-10,14,20H,11-13,28H2,1-2H3,(H2,29,33). The van der Waals surface area contributed by atoms with E-state index in [1.54, 1.807) is 53.2 Å². The number of ketones is 1. The summed E-state index contributed by atoms with van der Waals surface area (Å²) in [6.07, 6.45) is 0.250. The maximum absolute atomic E-state index is 13.3. The first-order chi connectivity index (χ1) is 15.6. The molecular formula is C25H26F2N4O2. The number of nitrogens with zero attached hydrogens (tertiary/aromatic N) is 2. The van der Waals surface area contributed by atoms with Crippen LogP contribution >= 0.6 is 0 Å². The number of nitrogens with two attached hydrogens (primary N) is 2. The normalized spacial score (nSPS) is 16.7. The number of nitrogen functional groups attached to an aromatic ring is 1. The molecule has 0 radical (unpaired) electrons. The molecule has 0 saturated heterocycles. The predicted molar refractivity (Wildman–Crippen MR) is 122 cm³/mol. The van der Waals surface area contributed by atoms with Crippen molar-refractivity contribution in [2.24, 2.45) is 5.73 Å². The Bertz CT molecular complexity index is 1220. The van der Waals surface area contributed by atoms with Crippen molar-refractivity contribution in [1.29, 1.82) is 0 Å². The number of carbonyl (C=O) groups is 2. The SMILES string of the molecule is CC(C)n1nc(-c2ccc(CC(=O)Cc3cccc(C4CC4(F)F)c3)cc2)c(C(N)=O)c1N. The smallest absolute Gasteiger partial charge is 0.255 e. The zero-order valence-corrected chi connectivity index (χ0v) is 18.5. The van der Waals surface area contributed by atoms with Gasteiger partial charge in [0, 0.05) is 30.9 Å². The number of amides is 1. The van der Waals surface area contributed by atoms with E-state index in [0.717, 1.165) is 11.1 Å². The number of carbonyl (C=O) groups excluding carboxylic acids is 2. The first kappa shape index (κ1) is 22.6. The average Bonchev–Trinajstić information content (AvgIpc) is 3.23. The molecule has 4 N–H and O–H groups in total. The summed E-state index contributed by atoms with van der Waals surface area (Å²) in [4.78, 5) is 24.5. The van der Waals surface area contributed by atoms with E-state index in [2.05, 4.69) is 5.10 Å². The van der Waals surface area contributed by atoms with Crippen LogP contribution < -0.4 is 11.5 Å². The first-order valence-electron chi connectivity index (χ1n) is 10.8. The number of primary amides is 1. The lowest BCUT2D eigenvalue weighted by Gasteiger charge is -2.07. The highest BCUT2D eigenvalue weighted by Crippen LogP contribution is 2.55. The maximum atomic E-state index is 13.3. The second kappa shape index (κ2) is 8.42. The van der Waals surface area contributed by atoms with Gasteiger partial charge in [-0.2, -0.15) is 5.10 Å². The Labute approximate surface area is 190 Å². The molecule has 2 aromatic carbocycles. The van der Waals surface area contributed by atoms with Gasteiger partial charge in [-0.15, -0.1) is 0 Å². The lowest BCUT2D eigenvalue weighted by atomic mass is 9.98. The molecule has 1 aromatic heterocycles. The van der Waals surface area contributed by atoms with Crippen LogP contribution in [0.4, 0.5) is 14.6 Å². The lowest BCUT2D eigenvalue weighted by molar-refractivity contribution is -0.117. The van der Waals surface area contributed by atoms with E-state index in [-0.39, 0.29) is 42.5 Å². The van der Waals surface area contributed by atoms with Gasteiger partial charge in [-0.1, -0.05) is 48.5 Å². The molecule has 33 heavy (non-hydrogen) atoms. The number of aromatic nitrogens is 2. The molecule has 6 nitrogen and oxygen atoms in total. The number of halogens is 2. The van der Waals surface area contributed by atoms with Crippen molar-refractivity contribution >= 4 is 17.5 Å². The van der Waals surface area contributed by atoms with E-state index in [1.807, 2.05) is 13.8 Å². The number of anilines is 1. The molecule has 1 fully saturated rings. The molecule has 1 aliphatic carbocycles. The average molecular weight is 453 g/mol. The van der Waals surface area contributed by atoms with Crippen molar-refractivity contribution in [3.05, 3.63) is 70.8 Å². The summed E-state index contributed by atoms with van der Waals surface area (Å²) in [5.41, 5.74) is 15.0. The van der Waals surface area contributed by atoms with Crippen LogP contribution in [0.5, 0.6) is 0 Å². The summed E-state index contributed by atoms with van der Waals surface area (Å²) in [5.74, 6) is -3.82. The third-order valence-electron chi connectivity index (χ3n) is 5.89. The molecule has 1 atom stereocenters. The Morgan fingerprint density at radius 3 is 2.33 bits per heavy atom. The van der Waals surface area contributed by atoms with Crippen molar-refractivity contribution < 1.29 is 18.4 Å². The lowest BCUT2D eigenvalue weighted by Crippen LogP contribution is -2.15. The molecule has 172 valence electrons. The molecular weight excluding hydrogens is 426 g/mol. The highest BCUT2D eigenvalue weighted by atomic mass is 19.3. The monoisotopic (exact) mass is 452 g/mol. The first-order valence-corrected chi connectivity index (χ1v) is 10.8. The molecule has 1 unspecified atom stereocenters. The van der Waals surface area contributed by atoms with E-state index in [4.69, 9.17) is 11.5 Å². The van der Waals surface area contributed by atoms with Crippen LogP contribution in [0.25, 0.3) is 11.3 Å². The third-order valence-corrected chi connectivity index (χ3v) is 5.89. The summed E-state index contributed by atoms with van der Waals surface area (Å²) >= 11 is 0. The molecule has 8 heteroatoms. The number of Topliss-reactive ketones (excluding diaryl/α,β-unsaturated/α-hetero) is 1. The second-order valence-electron chi connectivity index (χ2n) is 8.86. The fourth-order valence-electron chi connectivity index (χ4n) is 4.08. The van der Waals surface area contributed by atoms with Gasteiger partial charge in [0.1, 0.15) is 22.9 Å². The number of rotatable bonds is 8. The molecule has 0 aliphatic heterocycles. The molecule has 1 amide bonds. The van der Waals surface area contributed by atoms with Crippen molar-refractivity contribution in [3.63, 3.8) is 0 Å². The molecule has 3 aromatic rings. The van der Waals surface area contributed by atoms with E-state index < -0.39 is 17.7 Å². The molecule has 1 heterocycles. The van der Waals surface area contributed by atoms with Crippen molar-refractivity contribution in [2.45, 2.75) is 51.0 Å². The Hall–Kier alpha value is -3.55. The Morgan fingerprint density at radius 1 is 1.12 bits per heavy atom. The zero-order chi connectivity index (χ0) is 23.9. The van der Waals surface area contributed by atoms with Crippen LogP contribution in [0.2, 0.25) is 0 Å². The summed E-state index contributed by atoms with van der Waals surface area (Å²) in [6.45, 7) is 3.80. The Morgan fingerprint density at radius 2 is 1.76 bits per heavy atom. The summed E-state index contributed by atoms with van der Waals surface area (Å²) in [7, 11) is 0. The van der Waals surface area contributed by atoms with Gasteiger partial charge in [0.2, 0.25) is 0 Å².